The summed E-state index contributed by atoms with van der Waals surface area (Å²) >= 11 is 1.34. The number of H-pyrrole nitrogens is 1. The van der Waals surface area contributed by atoms with E-state index in [0.29, 0.717) is 12.2 Å². The molecule has 1 heterocycles. The molecule has 1 aromatic heterocycles. The lowest BCUT2D eigenvalue weighted by atomic mass is 10.2. The number of ether oxygens (including phenoxy) is 1. The molecule has 28 heavy (non-hydrogen) atoms. The SMILES string of the molecule is CCCn1c(N)c(C(=O)COC(=O)CCSc2ccc(F)cc2)c(=O)[nH]c1=O. The standard InChI is InChI=1S/C18H20FN3O5S/c1-2-8-22-16(20)15(17(25)21-18(22)26)13(23)10-27-14(24)7-9-28-12-5-3-11(19)4-6-12/h3-6H,2,7-10,20H2,1H3,(H,21,25,26). The van der Waals surface area contributed by atoms with E-state index in [1.165, 1.54) is 23.9 Å². The van der Waals surface area contributed by atoms with Crippen molar-refractivity contribution in [2.24, 2.45) is 0 Å². The number of benzene rings is 1. The predicted molar refractivity (Wildman–Crippen MR) is 103 cm³/mol. The molecular formula is C18H20FN3O5S. The highest BCUT2D eigenvalue weighted by atomic mass is 32.2. The lowest BCUT2D eigenvalue weighted by Crippen LogP contribution is -2.37. The number of esters is 1. The van der Waals surface area contributed by atoms with Gasteiger partial charge in [0.2, 0.25) is 5.78 Å². The second-order valence-corrected chi connectivity index (χ2v) is 6.98. The van der Waals surface area contributed by atoms with Gasteiger partial charge in [0, 0.05) is 17.2 Å². The maximum atomic E-state index is 12.8. The van der Waals surface area contributed by atoms with Crippen molar-refractivity contribution in [1.82, 2.24) is 9.55 Å². The number of nitrogens with two attached hydrogens (primary N) is 1. The van der Waals surface area contributed by atoms with Gasteiger partial charge in [0.25, 0.3) is 5.56 Å². The third-order valence-electron chi connectivity index (χ3n) is 3.72. The van der Waals surface area contributed by atoms with Crippen LogP contribution in [0.5, 0.6) is 0 Å². The third kappa shape index (κ3) is 5.56. The number of hydrogen-bond acceptors (Lipinski definition) is 7. The topological polar surface area (TPSA) is 124 Å². The minimum atomic E-state index is -0.914. The van der Waals surface area contributed by atoms with E-state index >= 15 is 0 Å². The summed E-state index contributed by atoms with van der Waals surface area (Å²) in [7, 11) is 0. The highest BCUT2D eigenvalue weighted by Crippen LogP contribution is 2.19. The van der Waals surface area contributed by atoms with Crippen molar-refractivity contribution in [3.05, 3.63) is 56.5 Å². The van der Waals surface area contributed by atoms with Gasteiger partial charge >= 0.3 is 11.7 Å². The third-order valence-corrected chi connectivity index (χ3v) is 4.73. The molecule has 3 N–H and O–H groups in total. The van der Waals surface area contributed by atoms with Gasteiger partial charge in [-0.05, 0) is 30.7 Å². The first-order valence-corrected chi connectivity index (χ1v) is 9.51. The molecule has 0 atom stereocenters. The van der Waals surface area contributed by atoms with Gasteiger partial charge in [-0.2, -0.15) is 0 Å². The van der Waals surface area contributed by atoms with Crippen LogP contribution < -0.4 is 17.0 Å². The van der Waals surface area contributed by atoms with Crippen molar-refractivity contribution in [3.8, 4) is 0 Å². The van der Waals surface area contributed by atoms with Crippen LogP contribution in [-0.2, 0) is 16.1 Å². The fraction of sp³-hybridized carbons (Fsp3) is 0.333. The quantitative estimate of drug-likeness (QED) is 0.366. The highest BCUT2D eigenvalue weighted by Gasteiger charge is 2.20. The summed E-state index contributed by atoms with van der Waals surface area (Å²) in [6.45, 7) is 1.39. The molecule has 0 radical (unpaired) electrons. The molecular weight excluding hydrogens is 389 g/mol. The Bertz CT molecular complexity index is 969. The molecule has 0 aliphatic carbocycles. The van der Waals surface area contributed by atoms with E-state index in [9.17, 15) is 23.6 Å². The second-order valence-electron chi connectivity index (χ2n) is 5.81. The average molecular weight is 409 g/mol. The zero-order chi connectivity index (χ0) is 20.7. The van der Waals surface area contributed by atoms with Crippen LogP contribution in [0.4, 0.5) is 10.2 Å². The molecule has 0 amide bonds. The Morgan fingerprint density at radius 1 is 1.25 bits per heavy atom. The largest absolute Gasteiger partial charge is 0.457 e. The summed E-state index contributed by atoms with van der Waals surface area (Å²) in [5.41, 5.74) is 3.77. The average Bonchev–Trinajstić information content (AvgIpc) is 2.65. The van der Waals surface area contributed by atoms with Crippen LogP contribution in [0.3, 0.4) is 0 Å². The van der Waals surface area contributed by atoms with E-state index < -0.39 is 35.2 Å². The fourth-order valence-electron chi connectivity index (χ4n) is 2.38. The highest BCUT2D eigenvalue weighted by molar-refractivity contribution is 7.99. The number of anilines is 1. The van der Waals surface area contributed by atoms with Crippen LogP contribution in [0.25, 0.3) is 0 Å². The van der Waals surface area contributed by atoms with E-state index in [2.05, 4.69) is 0 Å². The van der Waals surface area contributed by atoms with Crippen molar-refractivity contribution >= 4 is 29.3 Å². The van der Waals surface area contributed by atoms with Crippen LogP contribution in [0, 0.1) is 5.82 Å². The number of aromatic nitrogens is 2. The van der Waals surface area contributed by atoms with Crippen LogP contribution in [0.15, 0.2) is 38.8 Å². The number of nitrogens with one attached hydrogen (secondary N) is 1. The Morgan fingerprint density at radius 3 is 2.57 bits per heavy atom. The zero-order valence-corrected chi connectivity index (χ0v) is 16.0. The van der Waals surface area contributed by atoms with Gasteiger partial charge in [0.05, 0.1) is 6.42 Å². The van der Waals surface area contributed by atoms with Gasteiger partial charge in [-0.25, -0.2) is 9.18 Å². The Labute approximate surface area is 163 Å². The van der Waals surface area contributed by atoms with Gasteiger partial charge in [0.1, 0.15) is 17.2 Å². The summed E-state index contributed by atoms with van der Waals surface area (Å²) in [5, 5.41) is 0. The summed E-state index contributed by atoms with van der Waals surface area (Å²) < 4.78 is 18.8. The van der Waals surface area contributed by atoms with Gasteiger partial charge < -0.3 is 10.5 Å². The first-order valence-electron chi connectivity index (χ1n) is 8.53. The van der Waals surface area contributed by atoms with E-state index in [4.69, 9.17) is 10.5 Å². The summed E-state index contributed by atoms with van der Waals surface area (Å²) in [4.78, 5) is 50.6. The molecule has 0 aliphatic rings. The Kier molecular flexibility index (Phi) is 7.56. The molecule has 2 aromatic rings. The van der Waals surface area contributed by atoms with Gasteiger partial charge in [-0.1, -0.05) is 6.92 Å². The molecule has 2 rings (SSSR count). The summed E-state index contributed by atoms with van der Waals surface area (Å²) in [5.74, 6) is -1.63. The molecule has 1 aromatic carbocycles. The molecule has 0 saturated carbocycles. The molecule has 0 unspecified atom stereocenters. The fourth-order valence-corrected chi connectivity index (χ4v) is 3.21. The number of carbonyl (C=O) groups is 2. The number of thioether (sulfide) groups is 1. The molecule has 0 aliphatic heterocycles. The molecule has 150 valence electrons. The van der Waals surface area contributed by atoms with Crippen molar-refractivity contribution < 1.29 is 18.7 Å². The van der Waals surface area contributed by atoms with E-state index in [1.54, 1.807) is 12.1 Å². The minimum absolute atomic E-state index is 0.0243. The Morgan fingerprint density at radius 2 is 1.93 bits per heavy atom. The Balaban J connectivity index is 1.92. The van der Waals surface area contributed by atoms with E-state index in [0.717, 1.165) is 9.46 Å². The van der Waals surface area contributed by atoms with Crippen LogP contribution in [0.1, 0.15) is 30.1 Å². The smallest absolute Gasteiger partial charge is 0.329 e. The number of ketones is 1. The number of nitrogens with zero attached hydrogens (tertiary/aromatic N) is 1. The van der Waals surface area contributed by atoms with Crippen LogP contribution in [0.2, 0.25) is 0 Å². The molecule has 8 nitrogen and oxygen atoms in total. The summed E-state index contributed by atoms with van der Waals surface area (Å²) in [6, 6.07) is 5.82. The first-order chi connectivity index (χ1) is 13.3. The lowest BCUT2D eigenvalue weighted by molar-refractivity contribution is -0.141. The maximum Gasteiger partial charge on any atom is 0.329 e. The normalized spacial score (nSPS) is 10.6. The van der Waals surface area contributed by atoms with Gasteiger partial charge in [-0.15, -0.1) is 11.8 Å². The zero-order valence-electron chi connectivity index (χ0n) is 15.2. The van der Waals surface area contributed by atoms with Crippen molar-refractivity contribution in [1.29, 1.82) is 0 Å². The summed E-state index contributed by atoms with van der Waals surface area (Å²) in [6.07, 6.45) is 0.598. The number of Topliss-reactive ketones (excluding diaryl/α,β-unsaturated/α-hetero) is 1. The number of hydrogen-bond donors (Lipinski definition) is 2. The molecule has 10 heteroatoms. The van der Waals surface area contributed by atoms with Gasteiger partial charge in [0.15, 0.2) is 6.61 Å². The Hall–Kier alpha value is -2.88. The van der Waals surface area contributed by atoms with Crippen molar-refractivity contribution in [2.75, 3.05) is 18.1 Å². The number of rotatable bonds is 9. The maximum absolute atomic E-state index is 12.8. The van der Waals surface area contributed by atoms with Crippen LogP contribution >= 0.6 is 11.8 Å². The van der Waals surface area contributed by atoms with Crippen LogP contribution in [-0.4, -0.2) is 33.7 Å². The monoisotopic (exact) mass is 409 g/mol. The van der Waals surface area contributed by atoms with Crippen molar-refractivity contribution in [3.63, 3.8) is 0 Å². The number of halogens is 1. The lowest BCUT2D eigenvalue weighted by Gasteiger charge is -2.11. The number of carbonyl (C=O) groups excluding carboxylic acids is 2. The first kappa shape index (κ1) is 21.4. The second kappa shape index (κ2) is 9.88. The molecule has 0 saturated heterocycles. The van der Waals surface area contributed by atoms with Gasteiger partial charge in [-0.3, -0.25) is 23.9 Å². The van der Waals surface area contributed by atoms with E-state index in [-0.39, 0.29) is 24.6 Å². The van der Waals surface area contributed by atoms with E-state index in [1.807, 2.05) is 11.9 Å². The number of nitrogen functional groups attached to an aromatic ring is 1. The molecule has 0 spiro atoms. The molecule has 0 bridgehead atoms. The predicted octanol–water partition coefficient (Wildman–Crippen LogP) is 1.58. The minimum Gasteiger partial charge on any atom is -0.457 e. The number of aromatic amines is 1. The van der Waals surface area contributed by atoms with Crippen molar-refractivity contribution in [2.45, 2.75) is 31.2 Å². The molecule has 0 fully saturated rings.